The lowest BCUT2D eigenvalue weighted by Gasteiger charge is -2.15. The fraction of sp³-hybridized carbons (Fsp3) is 0.500. The lowest BCUT2D eigenvalue weighted by molar-refractivity contribution is 0.518. The zero-order valence-corrected chi connectivity index (χ0v) is 11.3. The summed E-state index contributed by atoms with van der Waals surface area (Å²) in [4.78, 5) is 0. The summed E-state index contributed by atoms with van der Waals surface area (Å²) in [6.45, 7) is 5.01. The molecule has 19 heavy (non-hydrogen) atoms. The first-order chi connectivity index (χ1) is 9.19. The minimum Gasteiger partial charge on any atom is -0.384 e. The van der Waals surface area contributed by atoms with Crippen LogP contribution < -0.4 is 17.0 Å². The van der Waals surface area contributed by atoms with Crippen LogP contribution in [0.15, 0.2) is 12.3 Å². The highest BCUT2D eigenvalue weighted by atomic mass is 15.3. The average Bonchev–Trinajstić information content (AvgIpc) is 3.01. The molecular formula is C12H21N7. The average molecular weight is 263 g/mol. The summed E-state index contributed by atoms with van der Waals surface area (Å²) < 4.78 is 2.00. The molecule has 0 bridgehead atoms. The van der Waals surface area contributed by atoms with Crippen molar-refractivity contribution in [2.45, 2.75) is 39.3 Å². The van der Waals surface area contributed by atoms with Gasteiger partial charge in [0.25, 0.3) is 0 Å². The number of aromatic nitrogens is 4. The highest BCUT2D eigenvalue weighted by Crippen LogP contribution is 2.21. The van der Waals surface area contributed by atoms with Crippen molar-refractivity contribution in [3.05, 3.63) is 29.2 Å². The number of nitrogens with zero attached hydrogens (tertiary/aromatic N) is 3. The van der Waals surface area contributed by atoms with E-state index in [-0.39, 0.29) is 6.04 Å². The minimum atomic E-state index is -0.0783. The molecule has 2 heterocycles. The van der Waals surface area contributed by atoms with Crippen molar-refractivity contribution in [1.29, 1.82) is 0 Å². The Labute approximate surface area is 112 Å². The molecule has 6 N–H and O–H groups in total. The molecule has 0 fully saturated rings. The van der Waals surface area contributed by atoms with Crippen LogP contribution in [0.25, 0.3) is 0 Å². The third kappa shape index (κ3) is 2.77. The zero-order valence-electron chi connectivity index (χ0n) is 11.3. The Bertz CT molecular complexity index is 528. The topological polar surface area (TPSA) is 111 Å². The summed E-state index contributed by atoms with van der Waals surface area (Å²) in [6.07, 6.45) is 3.35. The number of hydrazine groups is 1. The van der Waals surface area contributed by atoms with Gasteiger partial charge in [-0.2, -0.15) is 10.2 Å². The second-order valence-electron chi connectivity index (χ2n) is 4.46. The molecule has 2 rings (SSSR count). The van der Waals surface area contributed by atoms with Gasteiger partial charge in [0, 0.05) is 24.2 Å². The summed E-state index contributed by atoms with van der Waals surface area (Å²) in [6, 6.07) is 2.04. The van der Waals surface area contributed by atoms with Gasteiger partial charge in [-0.15, -0.1) is 0 Å². The summed E-state index contributed by atoms with van der Waals surface area (Å²) in [5, 5.41) is 11.2. The van der Waals surface area contributed by atoms with Crippen LogP contribution in [0.4, 0.5) is 5.82 Å². The summed E-state index contributed by atoms with van der Waals surface area (Å²) in [5.41, 5.74) is 11.7. The molecule has 0 saturated carbocycles. The van der Waals surface area contributed by atoms with Crippen LogP contribution in [0.2, 0.25) is 0 Å². The van der Waals surface area contributed by atoms with Crippen LogP contribution in [0, 0.1) is 0 Å². The predicted molar refractivity (Wildman–Crippen MR) is 74.0 cm³/mol. The Hall–Kier alpha value is -1.86. The third-order valence-electron chi connectivity index (χ3n) is 3.27. The van der Waals surface area contributed by atoms with Gasteiger partial charge in [0.1, 0.15) is 5.82 Å². The number of rotatable bonds is 6. The van der Waals surface area contributed by atoms with E-state index >= 15 is 0 Å². The van der Waals surface area contributed by atoms with E-state index < -0.39 is 0 Å². The first kappa shape index (κ1) is 13.6. The molecule has 0 spiro atoms. The Morgan fingerprint density at radius 1 is 1.47 bits per heavy atom. The van der Waals surface area contributed by atoms with Gasteiger partial charge in [-0.1, -0.05) is 6.92 Å². The van der Waals surface area contributed by atoms with Crippen molar-refractivity contribution >= 4 is 5.82 Å². The van der Waals surface area contributed by atoms with E-state index in [9.17, 15) is 0 Å². The Kier molecular flexibility index (Phi) is 4.18. The van der Waals surface area contributed by atoms with Gasteiger partial charge in [0.05, 0.1) is 17.9 Å². The van der Waals surface area contributed by atoms with E-state index in [1.165, 1.54) is 0 Å². The molecule has 7 heteroatoms. The second kappa shape index (κ2) is 5.85. The van der Waals surface area contributed by atoms with Crippen LogP contribution in [-0.2, 0) is 19.4 Å². The quantitative estimate of drug-likeness (QED) is 0.448. The normalized spacial score (nSPS) is 12.8. The monoisotopic (exact) mass is 263 g/mol. The number of aromatic amines is 1. The summed E-state index contributed by atoms with van der Waals surface area (Å²) >= 11 is 0. The van der Waals surface area contributed by atoms with E-state index in [0.717, 1.165) is 36.3 Å². The molecule has 1 unspecified atom stereocenters. The van der Waals surface area contributed by atoms with Crippen LogP contribution in [-0.4, -0.2) is 20.0 Å². The fourth-order valence-corrected chi connectivity index (χ4v) is 2.18. The maximum atomic E-state index is 5.84. The molecule has 7 nitrogen and oxygen atoms in total. The van der Waals surface area contributed by atoms with E-state index in [1.54, 1.807) is 6.20 Å². The van der Waals surface area contributed by atoms with Crippen molar-refractivity contribution < 1.29 is 0 Å². The molecule has 0 aliphatic rings. The molecule has 0 aromatic carbocycles. The van der Waals surface area contributed by atoms with Crippen LogP contribution in [0.1, 0.15) is 36.8 Å². The van der Waals surface area contributed by atoms with E-state index in [1.807, 2.05) is 4.68 Å². The molecule has 0 radical (unpaired) electrons. The predicted octanol–water partition coefficient (Wildman–Crippen LogP) is 0.518. The Morgan fingerprint density at radius 2 is 2.26 bits per heavy atom. The van der Waals surface area contributed by atoms with Gasteiger partial charge >= 0.3 is 0 Å². The number of anilines is 1. The van der Waals surface area contributed by atoms with E-state index in [2.05, 4.69) is 40.6 Å². The van der Waals surface area contributed by atoms with Gasteiger partial charge in [-0.05, 0) is 19.4 Å². The largest absolute Gasteiger partial charge is 0.384 e. The van der Waals surface area contributed by atoms with E-state index in [0.29, 0.717) is 5.82 Å². The van der Waals surface area contributed by atoms with E-state index in [4.69, 9.17) is 11.6 Å². The molecular weight excluding hydrogens is 242 g/mol. The molecule has 0 saturated heterocycles. The summed E-state index contributed by atoms with van der Waals surface area (Å²) in [5.74, 6) is 6.18. The fourth-order valence-electron chi connectivity index (χ4n) is 2.18. The first-order valence-corrected chi connectivity index (χ1v) is 6.50. The lowest BCUT2D eigenvalue weighted by atomic mass is 10.0. The SMILES string of the molecule is CCc1cc(CC(NN)c2cn[nH]c2N)n(CC)n1. The molecule has 2 aromatic heterocycles. The number of nitrogen functional groups attached to an aromatic ring is 1. The van der Waals surface area contributed by atoms with Crippen molar-refractivity contribution in [3.8, 4) is 0 Å². The number of aryl methyl sites for hydroxylation is 2. The maximum Gasteiger partial charge on any atom is 0.123 e. The second-order valence-corrected chi connectivity index (χ2v) is 4.46. The highest BCUT2D eigenvalue weighted by molar-refractivity contribution is 5.39. The van der Waals surface area contributed by atoms with Crippen molar-refractivity contribution in [3.63, 3.8) is 0 Å². The minimum absolute atomic E-state index is 0.0783. The Morgan fingerprint density at radius 3 is 2.79 bits per heavy atom. The third-order valence-corrected chi connectivity index (χ3v) is 3.27. The van der Waals surface area contributed by atoms with Crippen molar-refractivity contribution in [2.24, 2.45) is 5.84 Å². The number of hydrogen-bond acceptors (Lipinski definition) is 5. The standard InChI is InChI=1S/C12H21N7/c1-3-8-5-9(19(4-2)18-8)6-11(16-14)10-7-15-17-12(10)13/h5,7,11,16H,3-4,6,14H2,1-2H3,(H3,13,15,17). The highest BCUT2D eigenvalue weighted by Gasteiger charge is 2.18. The molecule has 0 amide bonds. The van der Waals surface area contributed by atoms with Gasteiger partial charge < -0.3 is 5.73 Å². The molecule has 0 aliphatic carbocycles. The maximum absolute atomic E-state index is 5.84. The molecule has 1 atom stereocenters. The molecule has 0 aliphatic heterocycles. The van der Waals surface area contributed by atoms with Crippen LogP contribution in [0.5, 0.6) is 0 Å². The van der Waals surface area contributed by atoms with Gasteiger partial charge in [0.2, 0.25) is 0 Å². The summed E-state index contributed by atoms with van der Waals surface area (Å²) in [7, 11) is 0. The number of hydrogen-bond donors (Lipinski definition) is 4. The van der Waals surface area contributed by atoms with Crippen molar-refractivity contribution in [2.75, 3.05) is 5.73 Å². The van der Waals surface area contributed by atoms with Gasteiger partial charge in [-0.25, -0.2) is 0 Å². The molecule has 104 valence electrons. The van der Waals surface area contributed by atoms with Crippen molar-refractivity contribution in [1.82, 2.24) is 25.4 Å². The number of nitrogens with two attached hydrogens (primary N) is 2. The lowest BCUT2D eigenvalue weighted by Crippen LogP contribution is -2.30. The van der Waals surface area contributed by atoms with Gasteiger partial charge in [-0.3, -0.25) is 21.0 Å². The zero-order chi connectivity index (χ0) is 13.8. The van der Waals surface area contributed by atoms with Crippen LogP contribution >= 0.6 is 0 Å². The smallest absolute Gasteiger partial charge is 0.123 e. The molecule has 2 aromatic rings. The number of H-pyrrole nitrogens is 1. The van der Waals surface area contributed by atoms with Crippen LogP contribution in [0.3, 0.4) is 0 Å². The number of nitrogens with one attached hydrogen (secondary N) is 2. The first-order valence-electron chi connectivity index (χ1n) is 6.50. The Balaban J connectivity index is 2.23. The van der Waals surface area contributed by atoms with Gasteiger partial charge in [0.15, 0.2) is 0 Å².